The van der Waals surface area contributed by atoms with Gasteiger partial charge in [-0.2, -0.15) is 0 Å². The first-order chi connectivity index (χ1) is 12.2. The van der Waals surface area contributed by atoms with Crippen molar-refractivity contribution >= 4 is 11.4 Å². The summed E-state index contributed by atoms with van der Waals surface area (Å²) in [7, 11) is 0. The molecule has 0 bridgehead atoms. The lowest BCUT2D eigenvalue weighted by atomic mass is 9.92. The van der Waals surface area contributed by atoms with E-state index in [1.165, 1.54) is 24.3 Å². The standard InChI is InChI=1S/C21H13F2NO/c22-17-7-3-1-5-13(17)14-11-12-24-19-10-9-16(20(14)19)21(25)15-6-2-4-8-18(15)23/h1-9,11-12H,10H2. The van der Waals surface area contributed by atoms with E-state index in [4.69, 9.17) is 0 Å². The lowest BCUT2D eigenvalue weighted by Crippen LogP contribution is -2.06. The van der Waals surface area contributed by atoms with Gasteiger partial charge in [-0.15, -0.1) is 0 Å². The molecule has 0 saturated carbocycles. The summed E-state index contributed by atoms with van der Waals surface area (Å²) in [5.41, 5.74) is 2.64. The van der Waals surface area contributed by atoms with Gasteiger partial charge in [-0.05, 0) is 29.8 Å². The smallest absolute Gasteiger partial charge is 0.196 e. The first-order valence-corrected chi connectivity index (χ1v) is 7.89. The van der Waals surface area contributed by atoms with E-state index in [-0.39, 0.29) is 11.4 Å². The van der Waals surface area contributed by atoms with Crippen molar-refractivity contribution in [3.63, 3.8) is 0 Å². The number of hydrogen-bond donors (Lipinski definition) is 0. The van der Waals surface area contributed by atoms with Crippen LogP contribution in [-0.2, 0) is 6.42 Å². The molecule has 4 rings (SSSR count). The largest absolute Gasteiger partial charge is 0.288 e. The fourth-order valence-corrected chi connectivity index (χ4v) is 3.16. The summed E-state index contributed by atoms with van der Waals surface area (Å²) in [4.78, 5) is 17.2. The minimum atomic E-state index is -0.571. The van der Waals surface area contributed by atoms with Crippen molar-refractivity contribution < 1.29 is 13.6 Å². The van der Waals surface area contributed by atoms with Gasteiger partial charge in [0.1, 0.15) is 11.6 Å². The number of nitrogens with zero attached hydrogens (tertiary/aromatic N) is 1. The molecule has 0 N–H and O–H groups in total. The molecular weight excluding hydrogens is 320 g/mol. The SMILES string of the molecule is O=C(C1=CCc2nccc(-c3ccccc3F)c21)c1ccccc1F. The highest BCUT2D eigenvalue weighted by molar-refractivity contribution is 6.31. The molecule has 1 aromatic heterocycles. The van der Waals surface area contributed by atoms with E-state index in [9.17, 15) is 13.6 Å². The molecule has 2 aromatic carbocycles. The summed E-state index contributed by atoms with van der Waals surface area (Å²) in [6, 6.07) is 13.9. The average molecular weight is 333 g/mol. The number of carbonyl (C=O) groups is 1. The third-order valence-electron chi connectivity index (χ3n) is 4.33. The van der Waals surface area contributed by atoms with E-state index >= 15 is 0 Å². The Balaban J connectivity index is 1.87. The number of hydrogen-bond acceptors (Lipinski definition) is 2. The maximum Gasteiger partial charge on any atom is 0.196 e. The second kappa shape index (κ2) is 6.06. The Kier molecular flexibility index (Phi) is 3.73. The van der Waals surface area contributed by atoms with Gasteiger partial charge in [-0.3, -0.25) is 9.78 Å². The van der Waals surface area contributed by atoms with Gasteiger partial charge in [0, 0.05) is 29.3 Å². The van der Waals surface area contributed by atoms with Crippen LogP contribution in [-0.4, -0.2) is 10.8 Å². The molecule has 4 heteroatoms. The van der Waals surface area contributed by atoms with Crippen molar-refractivity contribution in [2.24, 2.45) is 0 Å². The minimum Gasteiger partial charge on any atom is -0.288 e. The average Bonchev–Trinajstić information content (AvgIpc) is 3.06. The predicted molar refractivity (Wildman–Crippen MR) is 92.0 cm³/mol. The normalized spacial score (nSPS) is 12.6. The van der Waals surface area contributed by atoms with Crippen molar-refractivity contribution in [1.82, 2.24) is 4.98 Å². The molecular formula is C21H13F2NO. The van der Waals surface area contributed by atoms with Crippen molar-refractivity contribution in [1.29, 1.82) is 0 Å². The van der Waals surface area contributed by atoms with Crippen LogP contribution in [0.2, 0.25) is 0 Å². The predicted octanol–water partition coefficient (Wildman–Crippen LogP) is 4.85. The Bertz CT molecular complexity index is 1020. The van der Waals surface area contributed by atoms with Gasteiger partial charge in [0.05, 0.1) is 11.3 Å². The van der Waals surface area contributed by atoms with Crippen molar-refractivity contribution in [2.45, 2.75) is 6.42 Å². The summed E-state index contributed by atoms with van der Waals surface area (Å²) in [5, 5.41) is 0. The fourth-order valence-electron chi connectivity index (χ4n) is 3.16. The summed E-state index contributed by atoms with van der Waals surface area (Å²) >= 11 is 0. The molecule has 2 nitrogen and oxygen atoms in total. The van der Waals surface area contributed by atoms with E-state index in [0.29, 0.717) is 34.4 Å². The highest BCUT2D eigenvalue weighted by Gasteiger charge is 2.27. The molecule has 3 aromatic rings. The number of ketones is 1. The van der Waals surface area contributed by atoms with Crippen LogP contribution in [0.5, 0.6) is 0 Å². The molecule has 0 amide bonds. The van der Waals surface area contributed by atoms with Gasteiger partial charge in [0.25, 0.3) is 0 Å². The minimum absolute atomic E-state index is 0.00457. The molecule has 1 aliphatic carbocycles. The number of benzene rings is 2. The zero-order valence-electron chi connectivity index (χ0n) is 13.2. The number of allylic oxidation sites excluding steroid dienone is 2. The number of halogens is 2. The van der Waals surface area contributed by atoms with Gasteiger partial charge in [0.15, 0.2) is 5.78 Å². The summed E-state index contributed by atoms with van der Waals surface area (Å²) in [6.45, 7) is 0. The number of aromatic nitrogens is 1. The molecule has 0 aliphatic heterocycles. The highest BCUT2D eigenvalue weighted by Crippen LogP contribution is 2.37. The quantitative estimate of drug-likeness (QED) is 0.641. The van der Waals surface area contributed by atoms with E-state index in [1.54, 1.807) is 42.6 Å². The molecule has 0 spiro atoms. The van der Waals surface area contributed by atoms with Gasteiger partial charge < -0.3 is 0 Å². The van der Waals surface area contributed by atoms with Crippen LogP contribution in [0.25, 0.3) is 16.7 Å². The molecule has 0 atom stereocenters. The number of rotatable bonds is 3. The van der Waals surface area contributed by atoms with Crippen molar-refractivity contribution in [2.75, 3.05) is 0 Å². The summed E-state index contributed by atoms with van der Waals surface area (Å²) < 4.78 is 28.3. The maximum atomic E-state index is 14.3. The first-order valence-electron chi connectivity index (χ1n) is 7.89. The molecule has 1 aliphatic rings. The van der Waals surface area contributed by atoms with E-state index in [0.717, 1.165) is 0 Å². The van der Waals surface area contributed by atoms with Crippen LogP contribution < -0.4 is 0 Å². The number of fused-ring (bicyclic) bond motifs is 1. The Hall–Kier alpha value is -3.14. The lowest BCUT2D eigenvalue weighted by molar-refractivity contribution is 0.105. The van der Waals surface area contributed by atoms with Crippen molar-refractivity contribution in [3.05, 3.63) is 95.3 Å². The summed E-state index contributed by atoms with van der Waals surface area (Å²) in [6.07, 6.45) is 3.80. The van der Waals surface area contributed by atoms with E-state index < -0.39 is 11.6 Å². The zero-order valence-corrected chi connectivity index (χ0v) is 13.2. The molecule has 0 saturated heterocycles. The second-order valence-corrected chi connectivity index (χ2v) is 5.79. The summed E-state index contributed by atoms with van der Waals surface area (Å²) in [5.74, 6) is -1.36. The Labute approximate surface area is 143 Å². The molecule has 25 heavy (non-hydrogen) atoms. The second-order valence-electron chi connectivity index (χ2n) is 5.79. The van der Waals surface area contributed by atoms with E-state index in [2.05, 4.69) is 4.98 Å². The fraction of sp³-hybridized carbons (Fsp3) is 0.0476. The van der Waals surface area contributed by atoms with Crippen LogP contribution in [0.4, 0.5) is 8.78 Å². The van der Waals surface area contributed by atoms with Crippen molar-refractivity contribution in [3.8, 4) is 11.1 Å². The number of pyridine rings is 1. The molecule has 0 radical (unpaired) electrons. The van der Waals surface area contributed by atoms with Crippen LogP contribution in [0, 0.1) is 11.6 Å². The number of Topliss-reactive ketones (excluding diaryl/α,β-unsaturated/α-hetero) is 1. The molecule has 122 valence electrons. The number of carbonyl (C=O) groups excluding carboxylic acids is 1. The van der Waals surface area contributed by atoms with Gasteiger partial charge in [-0.1, -0.05) is 36.4 Å². The van der Waals surface area contributed by atoms with Gasteiger partial charge in [0.2, 0.25) is 0 Å². The zero-order chi connectivity index (χ0) is 17.4. The highest BCUT2D eigenvalue weighted by atomic mass is 19.1. The molecule has 0 unspecified atom stereocenters. The van der Waals surface area contributed by atoms with Crippen LogP contribution in [0.3, 0.4) is 0 Å². The first kappa shape index (κ1) is 15.4. The molecule has 1 heterocycles. The Morgan fingerprint density at radius 2 is 1.60 bits per heavy atom. The Morgan fingerprint density at radius 3 is 2.36 bits per heavy atom. The monoisotopic (exact) mass is 333 g/mol. The lowest BCUT2D eigenvalue weighted by Gasteiger charge is -2.12. The van der Waals surface area contributed by atoms with Crippen LogP contribution >= 0.6 is 0 Å². The molecule has 0 fully saturated rings. The van der Waals surface area contributed by atoms with Gasteiger partial charge in [-0.25, -0.2) is 8.78 Å². The topological polar surface area (TPSA) is 30.0 Å². The van der Waals surface area contributed by atoms with E-state index in [1.807, 2.05) is 0 Å². The third-order valence-corrected chi connectivity index (χ3v) is 4.33. The Morgan fingerprint density at radius 1 is 0.880 bits per heavy atom. The van der Waals surface area contributed by atoms with Crippen LogP contribution in [0.15, 0.2) is 66.9 Å². The third kappa shape index (κ3) is 2.56. The van der Waals surface area contributed by atoms with Crippen LogP contribution in [0.1, 0.15) is 21.6 Å². The van der Waals surface area contributed by atoms with Gasteiger partial charge >= 0.3 is 0 Å². The maximum absolute atomic E-state index is 14.3.